The molecule has 21 heavy (non-hydrogen) atoms. The van der Waals surface area contributed by atoms with Gasteiger partial charge in [0, 0.05) is 12.1 Å². The molecule has 0 radical (unpaired) electrons. The summed E-state index contributed by atoms with van der Waals surface area (Å²) >= 11 is 0. The summed E-state index contributed by atoms with van der Waals surface area (Å²) in [5.41, 5.74) is 1.72. The van der Waals surface area contributed by atoms with E-state index in [4.69, 9.17) is 0 Å². The zero-order valence-corrected chi connectivity index (χ0v) is 12.0. The van der Waals surface area contributed by atoms with Gasteiger partial charge in [0.25, 0.3) is 0 Å². The fourth-order valence-electron chi connectivity index (χ4n) is 2.34. The van der Waals surface area contributed by atoms with E-state index < -0.39 is 11.6 Å². The van der Waals surface area contributed by atoms with Crippen molar-refractivity contribution in [2.75, 3.05) is 0 Å². The van der Waals surface area contributed by atoms with Crippen LogP contribution < -0.4 is 5.32 Å². The Balaban J connectivity index is 1.96. The molecule has 0 spiro atoms. The lowest BCUT2D eigenvalue weighted by molar-refractivity contribution is 0.468. The van der Waals surface area contributed by atoms with Gasteiger partial charge >= 0.3 is 0 Å². The molecule has 0 aromatic heterocycles. The monoisotopic (exact) mass is 293 g/mol. The van der Waals surface area contributed by atoms with Gasteiger partial charge in [0.1, 0.15) is 5.82 Å². The smallest absolute Gasteiger partial charge is 0.159 e. The van der Waals surface area contributed by atoms with Crippen LogP contribution in [-0.4, -0.2) is 6.04 Å². The maximum Gasteiger partial charge on any atom is 0.159 e. The number of nitrogens with one attached hydrogen (secondary N) is 1. The zero-order valence-electron chi connectivity index (χ0n) is 12.0. The fourth-order valence-corrected chi connectivity index (χ4v) is 2.34. The van der Waals surface area contributed by atoms with Gasteiger partial charge in [0.05, 0.1) is 0 Å². The first-order valence-electron chi connectivity index (χ1n) is 6.91. The molecule has 0 fully saturated rings. The summed E-state index contributed by atoms with van der Waals surface area (Å²) in [7, 11) is 0. The largest absolute Gasteiger partial charge is 0.307 e. The predicted molar refractivity (Wildman–Crippen MR) is 77.5 cm³/mol. The summed E-state index contributed by atoms with van der Waals surface area (Å²) in [5.74, 6) is -1.94. The topological polar surface area (TPSA) is 12.0 Å². The molecule has 2 aromatic rings. The van der Waals surface area contributed by atoms with Crippen molar-refractivity contribution in [3.63, 3.8) is 0 Å². The van der Waals surface area contributed by atoms with Crippen LogP contribution in [0.15, 0.2) is 42.5 Å². The van der Waals surface area contributed by atoms with Crippen LogP contribution in [-0.2, 0) is 6.42 Å². The molecule has 0 aliphatic heterocycles. The van der Waals surface area contributed by atoms with Crippen LogP contribution in [0.1, 0.15) is 31.0 Å². The first-order chi connectivity index (χ1) is 9.95. The lowest BCUT2D eigenvalue weighted by atomic mass is 10.0. The number of halogens is 3. The predicted octanol–water partition coefficient (Wildman–Crippen LogP) is 4.39. The van der Waals surface area contributed by atoms with Crippen LogP contribution in [0.4, 0.5) is 13.2 Å². The normalized spacial score (nSPS) is 14.0. The maximum absolute atomic E-state index is 13.2. The highest BCUT2D eigenvalue weighted by Crippen LogP contribution is 2.17. The summed E-state index contributed by atoms with van der Waals surface area (Å²) in [5, 5.41) is 3.32. The molecule has 0 bridgehead atoms. The minimum atomic E-state index is -0.842. The quantitative estimate of drug-likeness (QED) is 0.862. The van der Waals surface area contributed by atoms with Gasteiger partial charge in [-0.15, -0.1) is 0 Å². The molecule has 2 unspecified atom stereocenters. The average Bonchev–Trinajstić information content (AvgIpc) is 2.44. The van der Waals surface area contributed by atoms with Crippen molar-refractivity contribution < 1.29 is 13.2 Å². The molecule has 1 nitrogen and oxygen atoms in total. The number of hydrogen-bond donors (Lipinski definition) is 1. The molecule has 0 aliphatic rings. The van der Waals surface area contributed by atoms with Crippen molar-refractivity contribution in [2.45, 2.75) is 32.4 Å². The van der Waals surface area contributed by atoms with Crippen molar-refractivity contribution in [3.05, 3.63) is 71.0 Å². The fraction of sp³-hybridized carbons (Fsp3) is 0.294. The minimum absolute atomic E-state index is 0.101. The van der Waals surface area contributed by atoms with Gasteiger partial charge in [0.15, 0.2) is 11.6 Å². The lowest BCUT2D eigenvalue weighted by Gasteiger charge is -2.20. The van der Waals surface area contributed by atoms with Crippen LogP contribution in [0.2, 0.25) is 0 Å². The summed E-state index contributed by atoms with van der Waals surface area (Å²) in [4.78, 5) is 0. The van der Waals surface area contributed by atoms with Crippen molar-refractivity contribution in [2.24, 2.45) is 0 Å². The SMILES string of the molecule is CC(Cc1ccc(F)cc1)NC(C)c1ccc(F)c(F)c1. The third-order valence-corrected chi connectivity index (χ3v) is 3.43. The van der Waals surface area contributed by atoms with E-state index in [1.54, 1.807) is 18.2 Å². The van der Waals surface area contributed by atoms with Crippen LogP contribution in [0, 0.1) is 17.5 Å². The van der Waals surface area contributed by atoms with Crippen LogP contribution in [0.25, 0.3) is 0 Å². The molecule has 4 heteroatoms. The van der Waals surface area contributed by atoms with Gasteiger partial charge in [-0.05, 0) is 55.7 Å². The number of rotatable bonds is 5. The second-order valence-corrected chi connectivity index (χ2v) is 5.29. The van der Waals surface area contributed by atoms with E-state index in [2.05, 4.69) is 5.32 Å². The van der Waals surface area contributed by atoms with E-state index in [1.165, 1.54) is 18.2 Å². The highest BCUT2D eigenvalue weighted by molar-refractivity contribution is 5.21. The first-order valence-corrected chi connectivity index (χ1v) is 6.91. The summed E-state index contributed by atoms with van der Waals surface area (Å²) in [6, 6.07) is 10.3. The Morgan fingerprint density at radius 2 is 1.57 bits per heavy atom. The van der Waals surface area contributed by atoms with Gasteiger partial charge in [-0.2, -0.15) is 0 Å². The Morgan fingerprint density at radius 3 is 2.19 bits per heavy atom. The Morgan fingerprint density at radius 1 is 0.905 bits per heavy atom. The highest BCUT2D eigenvalue weighted by Gasteiger charge is 2.12. The van der Waals surface area contributed by atoms with E-state index in [1.807, 2.05) is 13.8 Å². The molecule has 0 saturated heterocycles. The summed E-state index contributed by atoms with van der Waals surface area (Å²) in [6.45, 7) is 3.90. The second kappa shape index (κ2) is 6.76. The number of benzene rings is 2. The zero-order chi connectivity index (χ0) is 15.4. The van der Waals surface area contributed by atoms with E-state index in [-0.39, 0.29) is 17.9 Å². The van der Waals surface area contributed by atoms with Gasteiger partial charge in [-0.3, -0.25) is 0 Å². The molecule has 0 saturated carbocycles. The average molecular weight is 293 g/mol. The Hall–Kier alpha value is -1.81. The van der Waals surface area contributed by atoms with E-state index in [0.717, 1.165) is 18.1 Å². The molecular formula is C17H18F3N. The molecule has 2 rings (SSSR count). The van der Waals surface area contributed by atoms with Crippen molar-refractivity contribution >= 4 is 0 Å². The van der Waals surface area contributed by atoms with Crippen molar-refractivity contribution in [1.82, 2.24) is 5.32 Å². The molecule has 0 aliphatic carbocycles. The minimum Gasteiger partial charge on any atom is -0.307 e. The third-order valence-electron chi connectivity index (χ3n) is 3.43. The van der Waals surface area contributed by atoms with Gasteiger partial charge < -0.3 is 5.32 Å². The van der Waals surface area contributed by atoms with Crippen LogP contribution >= 0.6 is 0 Å². The third kappa shape index (κ3) is 4.33. The van der Waals surface area contributed by atoms with Crippen molar-refractivity contribution in [3.8, 4) is 0 Å². The highest BCUT2D eigenvalue weighted by atomic mass is 19.2. The Bertz CT molecular complexity index is 595. The summed E-state index contributed by atoms with van der Waals surface area (Å²) in [6.07, 6.45) is 0.730. The first kappa shape index (κ1) is 15.6. The molecule has 2 aromatic carbocycles. The Labute approximate surface area is 122 Å². The van der Waals surface area contributed by atoms with Gasteiger partial charge in [-0.1, -0.05) is 18.2 Å². The molecule has 2 atom stereocenters. The maximum atomic E-state index is 13.2. The lowest BCUT2D eigenvalue weighted by Crippen LogP contribution is -2.30. The van der Waals surface area contributed by atoms with Crippen LogP contribution in [0.5, 0.6) is 0 Å². The second-order valence-electron chi connectivity index (χ2n) is 5.29. The van der Waals surface area contributed by atoms with E-state index >= 15 is 0 Å². The summed E-state index contributed by atoms with van der Waals surface area (Å²) < 4.78 is 39.0. The molecular weight excluding hydrogens is 275 g/mol. The molecule has 112 valence electrons. The molecule has 0 amide bonds. The van der Waals surface area contributed by atoms with E-state index in [0.29, 0.717) is 5.56 Å². The molecule has 1 N–H and O–H groups in total. The van der Waals surface area contributed by atoms with E-state index in [9.17, 15) is 13.2 Å². The van der Waals surface area contributed by atoms with Crippen LogP contribution in [0.3, 0.4) is 0 Å². The standard InChI is InChI=1S/C17H18F3N/c1-11(9-13-3-6-15(18)7-4-13)21-12(2)14-5-8-16(19)17(20)10-14/h3-8,10-12,21H,9H2,1-2H3. The van der Waals surface area contributed by atoms with Gasteiger partial charge in [-0.25, -0.2) is 13.2 Å². The number of hydrogen-bond acceptors (Lipinski definition) is 1. The van der Waals surface area contributed by atoms with Gasteiger partial charge in [0.2, 0.25) is 0 Å². The molecule has 0 heterocycles. The Kier molecular flexibility index (Phi) is 5.02. The van der Waals surface area contributed by atoms with Crippen molar-refractivity contribution in [1.29, 1.82) is 0 Å².